The van der Waals surface area contributed by atoms with Gasteiger partial charge in [-0.25, -0.2) is 0 Å². The number of benzene rings is 4. The lowest BCUT2D eigenvalue weighted by Crippen LogP contribution is -1.95. The Bertz CT molecular complexity index is 1270. The molecule has 0 fully saturated rings. The summed E-state index contributed by atoms with van der Waals surface area (Å²) in [4.78, 5) is 0. The van der Waals surface area contributed by atoms with E-state index in [1.807, 2.05) is 13.8 Å². The van der Waals surface area contributed by atoms with E-state index in [-0.39, 0.29) is 0 Å². The van der Waals surface area contributed by atoms with E-state index in [2.05, 4.69) is 122 Å². The molecule has 0 unspecified atom stereocenters. The van der Waals surface area contributed by atoms with Crippen LogP contribution in [-0.4, -0.2) is 0 Å². The first-order valence-electron chi connectivity index (χ1n) is 12.5. The highest BCUT2D eigenvalue weighted by molar-refractivity contribution is 5.85. The van der Waals surface area contributed by atoms with E-state index in [1.165, 1.54) is 50.1 Å². The minimum Gasteiger partial charge on any atom is -0.0722 e. The van der Waals surface area contributed by atoms with Gasteiger partial charge in [-0.15, -0.1) is 0 Å². The highest BCUT2D eigenvalue weighted by Gasteiger charge is 2.13. The van der Waals surface area contributed by atoms with Gasteiger partial charge in [0.25, 0.3) is 0 Å². The second kappa shape index (κ2) is 11.5. The second-order valence-corrected chi connectivity index (χ2v) is 8.61. The molecule has 1 aliphatic carbocycles. The van der Waals surface area contributed by atoms with Crippen molar-refractivity contribution in [3.63, 3.8) is 0 Å². The largest absolute Gasteiger partial charge is 0.0722 e. The van der Waals surface area contributed by atoms with Crippen molar-refractivity contribution in [2.24, 2.45) is 0 Å². The zero-order chi connectivity index (χ0) is 23.8. The fourth-order valence-electron chi connectivity index (χ4n) is 4.51. The summed E-state index contributed by atoms with van der Waals surface area (Å²) in [7, 11) is 0. The molecule has 170 valence electrons. The van der Waals surface area contributed by atoms with Crippen LogP contribution < -0.4 is 0 Å². The van der Waals surface area contributed by atoms with Crippen molar-refractivity contribution in [1.29, 1.82) is 0 Å². The Morgan fingerprint density at radius 3 is 2.12 bits per heavy atom. The van der Waals surface area contributed by atoms with E-state index in [0.717, 1.165) is 19.3 Å². The number of fused-ring (bicyclic) bond motifs is 1. The van der Waals surface area contributed by atoms with Crippen molar-refractivity contribution in [2.75, 3.05) is 0 Å². The lowest BCUT2D eigenvalue weighted by Gasteiger charge is -2.11. The van der Waals surface area contributed by atoms with Gasteiger partial charge in [0, 0.05) is 0 Å². The maximum absolute atomic E-state index is 2.39. The van der Waals surface area contributed by atoms with E-state index < -0.39 is 0 Å². The van der Waals surface area contributed by atoms with E-state index in [1.54, 1.807) is 0 Å². The number of allylic oxidation sites excluding steroid dienone is 3. The molecule has 4 aromatic carbocycles. The molecule has 0 N–H and O–H groups in total. The average molecular weight is 443 g/mol. The molecule has 0 bridgehead atoms. The number of hydrogen-bond donors (Lipinski definition) is 0. The normalized spacial score (nSPS) is 12.1. The Hall–Kier alpha value is -3.64. The highest BCUT2D eigenvalue weighted by Crippen LogP contribution is 2.33. The van der Waals surface area contributed by atoms with Gasteiger partial charge in [0.1, 0.15) is 0 Å². The molecule has 34 heavy (non-hydrogen) atoms. The zero-order valence-corrected chi connectivity index (χ0v) is 20.6. The van der Waals surface area contributed by atoms with Crippen LogP contribution in [0.2, 0.25) is 0 Å². The summed E-state index contributed by atoms with van der Waals surface area (Å²) in [5, 5.41) is 0. The van der Waals surface area contributed by atoms with Crippen LogP contribution in [0.15, 0.2) is 109 Å². The Balaban J connectivity index is 0.00000133. The molecule has 4 aromatic rings. The summed E-state index contributed by atoms with van der Waals surface area (Å²) in [6.07, 6.45) is 9.95. The SMILES string of the molecule is CC.Cc1ccc(-c2ccc3c(c2)CC=C3/C=C/c2ccccc2)cc1CCc1ccccc1. The molecule has 0 saturated heterocycles. The van der Waals surface area contributed by atoms with Crippen LogP contribution in [0.4, 0.5) is 0 Å². The zero-order valence-electron chi connectivity index (χ0n) is 20.6. The molecule has 1 aliphatic rings. The molecule has 0 nitrogen and oxygen atoms in total. The minimum absolute atomic E-state index is 1.00. The topological polar surface area (TPSA) is 0 Å². The van der Waals surface area contributed by atoms with Crippen molar-refractivity contribution >= 4 is 11.6 Å². The van der Waals surface area contributed by atoms with Gasteiger partial charge < -0.3 is 0 Å². The van der Waals surface area contributed by atoms with Crippen LogP contribution in [-0.2, 0) is 19.3 Å². The van der Waals surface area contributed by atoms with Crippen LogP contribution in [0.5, 0.6) is 0 Å². The average Bonchev–Trinajstić information content (AvgIpc) is 3.31. The monoisotopic (exact) mass is 442 g/mol. The van der Waals surface area contributed by atoms with Crippen LogP contribution in [0.3, 0.4) is 0 Å². The number of rotatable bonds is 6. The predicted octanol–water partition coefficient (Wildman–Crippen LogP) is 9.13. The van der Waals surface area contributed by atoms with Gasteiger partial charge in [-0.05, 0) is 76.3 Å². The van der Waals surface area contributed by atoms with Gasteiger partial charge in [0.05, 0.1) is 0 Å². The van der Waals surface area contributed by atoms with Gasteiger partial charge in [-0.3, -0.25) is 0 Å². The molecule has 0 heterocycles. The van der Waals surface area contributed by atoms with E-state index >= 15 is 0 Å². The number of aryl methyl sites for hydroxylation is 3. The standard InChI is InChI=1S/C32H28.C2H6/c1-24-12-15-29(22-28(24)17-14-26-10-6-3-7-11-26)30-20-21-32-27(18-19-31(32)23-30)16-13-25-8-4-2-5-9-25;1-2/h2-13,15-16,18,20-23H,14,17,19H2,1H3;1-2H3/b16-13+;. The third kappa shape index (κ3) is 5.64. The Morgan fingerprint density at radius 2 is 1.35 bits per heavy atom. The Kier molecular flexibility index (Phi) is 7.94. The van der Waals surface area contributed by atoms with Gasteiger partial charge in [0.15, 0.2) is 0 Å². The maximum Gasteiger partial charge on any atom is -0.00819 e. The maximum atomic E-state index is 2.39. The summed E-state index contributed by atoms with van der Waals surface area (Å²) >= 11 is 0. The summed E-state index contributed by atoms with van der Waals surface area (Å²) < 4.78 is 0. The van der Waals surface area contributed by atoms with Crippen molar-refractivity contribution in [3.8, 4) is 11.1 Å². The van der Waals surface area contributed by atoms with E-state index in [9.17, 15) is 0 Å². The smallest absolute Gasteiger partial charge is 0.00819 e. The van der Waals surface area contributed by atoms with Gasteiger partial charge in [-0.2, -0.15) is 0 Å². The van der Waals surface area contributed by atoms with Crippen molar-refractivity contribution < 1.29 is 0 Å². The summed E-state index contributed by atoms with van der Waals surface area (Å²) in [5.41, 5.74) is 12.2. The molecule has 0 spiro atoms. The molecule has 0 radical (unpaired) electrons. The van der Waals surface area contributed by atoms with E-state index in [0.29, 0.717) is 0 Å². The molecular weight excluding hydrogens is 408 g/mol. The molecule has 0 heteroatoms. The Morgan fingerprint density at radius 1 is 0.676 bits per heavy atom. The Labute approximate surface area is 205 Å². The van der Waals surface area contributed by atoms with Gasteiger partial charge >= 0.3 is 0 Å². The molecule has 0 saturated carbocycles. The van der Waals surface area contributed by atoms with E-state index in [4.69, 9.17) is 0 Å². The summed E-state index contributed by atoms with van der Waals surface area (Å²) in [6, 6.07) is 35.2. The van der Waals surface area contributed by atoms with Crippen LogP contribution in [0.25, 0.3) is 22.8 Å². The third-order valence-corrected chi connectivity index (χ3v) is 6.42. The molecule has 0 amide bonds. The second-order valence-electron chi connectivity index (χ2n) is 8.61. The predicted molar refractivity (Wildman–Crippen MR) is 149 cm³/mol. The molecule has 0 atom stereocenters. The lowest BCUT2D eigenvalue weighted by molar-refractivity contribution is 0.950. The molecule has 0 aliphatic heterocycles. The van der Waals surface area contributed by atoms with Crippen LogP contribution >= 0.6 is 0 Å². The minimum atomic E-state index is 1.00. The summed E-state index contributed by atoms with van der Waals surface area (Å²) in [6.45, 7) is 6.22. The quantitative estimate of drug-likeness (QED) is 0.279. The van der Waals surface area contributed by atoms with Gasteiger partial charge in [0.2, 0.25) is 0 Å². The fraction of sp³-hybridized carbons (Fsp3) is 0.176. The first-order chi connectivity index (χ1) is 16.8. The molecule has 0 aromatic heterocycles. The lowest BCUT2D eigenvalue weighted by atomic mass is 9.93. The fourth-order valence-corrected chi connectivity index (χ4v) is 4.51. The van der Waals surface area contributed by atoms with Crippen LogP contribution in [0.1, 0.15) is 47.2 Å². The third-order valence-electron chi connectivity index (χ3n) is 6.42. The van der Waals surface area contributed by atoms with Crippen molar-refractivity contribution in [1.82, 2.24) is 0 Å². The molecular formula is C34H34. The first-order valence-corrected chi connectivity index (χ1v) is 12.5. The summed E-state index contributed by atoms with van der Waals surface area (Å²) in [5.74, 6) is 0. The highest BCUT2D eigenvalue weighted by atomic mass is 14.2. The van der Waals surface area contributed by atoms with Gasteiger partial charge in [-0.1, -0.05) is 129 Å². The first kappa shape index (κ1) is 23.5. The molecule has 5 rings (SSSR count). The van der Waals surface area contributed by atoms with Crippen LogP contribution in [0, 0.1) is 6.92 Å². The number of hydrogen-bond acceptors (Lipinski definition) is 0. The van der Waals surface area contributed by atoms with Crippen molar-refractivity contribution in [2.45, 2.75) is 40.0 Å². The van der Waals surface area contributed by atoms with Crippen molar-refractivity contribution in [3.05, 3.63) is 143 Å².